The first kappa shape index (κ1) is 14.0. The predicted molar refractivity (Wildman–Crippen MR) is 73.0 cm³/mol. The van der Waals surface area contributed by atoms with Gasteiger partial charge in [-0.05, 0) is 58.2 Å². The summed E-state index contributed by atoms with van der Waals surface area (Å²) >= 11 is 6.81. The maximum Gasteiger partial charge on any atom is 0.188 e. The molecule has 1 unspecified atom stereocenters. The first-order valence-electron chi connectivity index (χ1n) is 5.87. The quantitative estimate of drug-likeness (QED) is 0.738. The van der Waals surface area contributed by atoms with E-state index in [9.17, 15) is 0 Å². The minimum atomic E-state index is -0.543. The van der Waals surface area contributed by atoms with Crippen LogP contribution in [0.1, 0.15) is 34.1 Å². The van der Waals surface area contributed by atoms with Gasteiger partial charge in [0.25, 0.3) is 0 Å². The molecule has 0 aromatic heterocycles. The van der Waals surface area contributed by atoms with E-state index in [1.54, 1.807) is 0 Å². The summed E-state index contributed by atoms with van der Waals surface area (Å²) in [6, 6.07) is 0. The third-order valence-corrected chi connectivity index (χ3v) is 4.05. The maximum absolute atomic E-state index is 6.10. The normalized spacial score (nSPS) is 43.5. The predicted octanol–water partition coefficient (Wildman–Crippen LogP) is 3.91. The molecule has 2 aliphatic heterocycles. The molecule has 0 saturated carbocycles. The molecule has 5 heteroatoms. The molecule has 2 aliphatic rings. The Kier molecular flexibility index (Phi) is 3.79. The van der Waals surface area contributed by atoms with Crippen LogP contribution in [0.25, 0.3) is 0 Å². The fourth-order valence-electron chi connectivity index (χ4n) is 2.65. The lowest BCUT2D eigenvalue weighted by Crippen LogP contribution is -2.37. The largest absolute Gasteiger partial charge is 0.341 e. The molecule has 0 amide bonds. The van der Waals surface area contributed by atoms with Gasteiger partial charge in [-0.15, -0.1) is 0 Å². The zero-order valence-corrected chi connectivity index (χ0v) is 13.7. The van der Waals surface area contributed by atoms with Crippen LogP contribution in [0.15, 0.2) is 9.47 Å². The first-order valence-corrected chi connectivity index (χ1v) is 7.45. The highest BCUT2D eigenvalue weighted by Gasteiger charge is 2.58. The van der Waals surface area contributed by atoms with E-state index in [0.717, 1.165) is 9.81 Å². The van der Waals surface area contributed by atoms with Crippen LogP contribution < -0.4 is 0 Å². The summed E-state index contributed by atoms with van der Waals surface area (Å²) in [4.78, 5) is 0. The van der Waals surface area contributed by atoms with Crippen LogP contribution >= 0.6 is 31.9 Å². The summed E-state index contributed by atoms with van der Waals surface area (Å²) in [6.45, 7) is 8.11. The van der Waals surface area contributed by atoms with Crippen LogP contribution in [-0.4, -0.2) is 23.8 Å². The molecule has 0 aliphatic carbocycles. The summed E-state index contributed by atoms with van der Waals surface area (Å²) in [7, 11) is 0. The molecule has 0 bridgehead atoms. The monoisotopic (exact) mass is 368 g/mol. The lowest BCUT2D eigenvalue weighted by molar-refractivity contribution is -0.223. The molecule has 2 rings (SSSR count). The van der Waals surface area contributed by atoms with Crippen LogP contribution in [0.2, 0.25) is 0 Å². The minimum Gasteiger partial charge on any atom is -0.341 e. The SMILES string of the molecule is CC[C@@]1(C=C(Br)Br)O[C@@H]2OC(C)(C)O[C@H]2C1C. The minimum absolute atomic E-state index is 0.000509. The summed E-state index contributed by atoms with van der Waals surface area (Å²) < 4.78 is 18.7. The van der Waals surface area contributed by atoms with Crippen molar-refractivity contribution in [2.24, 2.45) is 5.92 Å². The van der Waals surface area contributed by atoms with Gasteiger partial charge in [-0.25, -0.2) is 0 Å². The lowest BCUT2D eigenvalue weighted by Gasteiger charge is -2.32. The fourth-order valence-corrected chi connectivity index (χ4v) is 3.42. The van der Waals surface area contributed by atoms with Gasteiger partial charge in [0.2, 0.25) is 0 Å². The number of hydrogen-bond donors (Lipinski definition) is 0. The van der Waals surface area contributed by atoms with Crippen LogP contribution in [0.4, 0.5) is 0 Å². The molecule has 2 fully saturated rings. The van der Waals surface area contributed by atoms with Gasteiger partial charge in [0.1, 0.15) is 6.10 Å². The summed E-state index contributed by atoms with van der Waals surface area (Å²) in [6.07, 6.45) is 2.67. The third kappa shape index (κ3) is 2.50. The molecule has 0 N–H and O–H groups in total. The Morgan fingerprint density at radius 2 is 1.88 bits per heavy atom. The van der Waals surface area contributed by atoms with Crippen molar-refractivity contribution in [3.8, 4) is 0 Å². The smallest absolute Gasteiger partial charge is 0.188 e. The van der Waals surface area contributed by atoms with Gasteiger partial charge in [0.15, 0.2) is 12.1 Å². The molecule has 3 nitrogen and oxygen atoms in total. The van der Waals surface area contributed by atoms with Crippen molar-refractivity contribution < 1.29 is 14.2 Å². The van der Waals surface area contributed by atoms with Gasteiger partial charge >= 0.3 is 0 Å². The Bertz CT molecular complexity index is 339. The standard InChI is InChI=1S/C12H18Br2O3/c1-5-12(6-8(13)14)7(2)9-10(17-12)16-11(3,4)15-9/h6-7,9-10H,5H2,1-4H3/t7?,9-,10-,12-/m0/s1. The summed E-state index contributed by atoms with van der Waals surface area (Å²) in [5.74, 6) is -0.289. The van der Waals surface area contributed by atoms with Gasteiger partial charge in [0.05, 0.1) is 8.99 Å². The Hall–Kier alpha value is 0.580. The van der Waals surface area contributed by atoms with Gasteiger partial charge in [-0.3, -0.25) is 0 Å². The molecule has 17 heavy (non-hydrogen) atoms. The second kappa shape index (κ2) is 4.60. The van der Waals surface area contributed by atoms with Crippen molar-refractivity contribution in [2.45, 2.75) is 57.9 Å². The molecule has 0 radical (unpaired) electrons. The number of rotatable bonds is 2. The van der Waals surface area contributed by atoms with E-state index in [4.69, 9.17) is 14.2 Å². The molecule has 2 saturated heterocycles. The highest BCUT2D eigenvalue weighted by atomic mass is 79.9. The summed E-state index contributed by atoms with van der Waals surface area (Å²) in [5.41, 5.74) is -0.325. The Morgan fingerprint density at radius 3 is 2.35 bits per heavy atom. The number of ether oxygens (including phenoxy) is 3. The van der Waals surface area contributed by atoms with E-state index >= 15 is 0 Å². The topological polar surface area (TPSA) is 27.7 Å². The van der Waals surface area contributed by atoms with Crippen LogP contribution in [0.5, 0.6) is 0 Å². The lowest BCUT2D eigenvalue weighted by atomic mass is 9.85. The van der Waals surface area contributed by atoms with Crippen molar-refractivity contribution in [3.63, 3.8) is 0 Å². The van der Waals surface area contributed by atoms with E-state index < -0.39 is 5.79 Å². The van der Waals surface area contributed by atoms with Crippen molar-refractivity contribution in [2.75, 3.05) is 0 Å². The highest BCUT2D eigenvalue weighted by molar-refractivity contribution is 9.28. The van der Waals surface area contributed by atoms with Gasteiger partial charge < -0.3 is 14.2 Å². The van der Waals surface area contributed by atoms with Crippen LogP contribution in [0.3, 0.4) is 0 Å². The Balaban J connectivity index is 2.24. The van der Waals surface area contributed by atoms with Gasteiger partial charge in [-0.1, -0.05) is 13.8 Å². The zero-order chi connectivity index (χ0) is 12.8. The Labute approximate surface area is 119 Å². The van der Waals surface area contributed by atoms with E-state index in [2.05, 4.69) is 51.8 Å². The third-order valence-electron chi connectivity index (χ3n) is 3.59. The molecular weight excluding hydrogens is 352 g/mol. The average molecular weight is 370 g/mol. The van der Waals surface area contributed by atoms with E-state index in [1.165, 1.54) is 0 Å². The highest BCUT2D eigenvalue weighted by Crippen LogP contribution is 2.48. The molecule has 0 aromatic carbocycles. The van der Waals surface area contributed by atoms with Gasteiger partial charge in [-0.2, -0.15) is 0 Å². The van der Waals surface area contributed by atoms with Crippen LogP contribution in [-0.2, 0) is 14.2 Å². The molecule has 0 spiro atoms. The average Bonchev–Trinajstić information content (AvgIpc) is 2.60. The second-order valence-electron chi connectivity index (χ2n) is 5.12. The maximum atomic E-state index is 6.10. The Morgan fingerprint density at radius 1 is 1.24 bits per heavy atom. The summed E-state index contributed by atoms with van der Waals surface area (Å²) in [5, 5.41) is 0. The van der Waals surface area contributed by atoms with Crippen LogP contribution in [0, 0.1) is 5.92 Å². The van der Waals surface area contributed by atoms with E-state index in [0.29, 0.717) is 0 Å². The van der Waals surface area contributed by atoms with Crippen molar-refractivity contribution in [1.29, 1.82) is 0 Å². The number of halogens is 2. The second-order valence-corrected chi connectivity index (χ2v) is 7.89. The molecular formula is C12H18Br2O3. The van der Waals surface area contributed by atoms with Gasteiger partial charge in [0, 0.05) is 5.92 Å². The molecule has 98 valence electrons. The van der Waals surface area contributed by atoms with Crippen molar-refractivity contribution in [3.05, 3.63) is 9.47 Å². The van der Waals surface area contributed by atoms with Crippen molar-refractivity contribution in [1.82, 2.24) is 0 Å². The molecule has 4 atom stereocenters. The molecule has 0 aromatic rings. The molecule has 2 heterocycles. The number of fused-ring (bicyclic) bond motifs is 1. The van der Waals surface area contributed by atoms with E-state index in [-0.39, 0.29) is 23.9 Å². The number of hydrogen-bond acceptors (Lipinski definition) is 3. The fraction of sp³-hybridized carbons (Fsp3) is 0.833. The van der Waals surface area contributed by atoms with E-state index in [1.807, 2.05) is 13.8 Å². The first-order chi connectivity index (χ1) is 7.80. The van der Waals surface area contributed by atoms with Crippen molar-refractivity contribution >= 4 is 31.9 Å². The zero-order valence-electron chi connectivity index (χ0n) is 10.5.